The van der Waals surface area contributed by atoms with Crippen LogP contribution < -0.4 is 0 Å². The third kappa shape index (κ3) is 5.15. The molecule has 4 rings (SSSR count). The standard InChI is InChI=1S/C24H29FNO4P3S/c1-13(14-5-7-17(8-6-14)24(31,32)33)26-22-15(10-21(27)28)3-2-4-19(22)20-11-18(25)9-16(23(20)26)12-34(29)30/h5-9,11,13,15H,2-4,10,12,31-33H2,1H3,(H,27,28)(H,29,30)/t13-,15+/m0/s1. The van der Waals surface area contributed by atoms with E-state index in [0.717, 1.165) is 47.2 Å². The van der Waals surface area contributed by atoms with Crippen molar-refractivity contribution >= 4 is 55.7 Å². The van der Waals surface area contributed by atoms with E-state index >= 15 is 0 Å². The summed E-state index contributed by atoms with van der Waals surface area (Å²) in [5.74, 6) is -1.72. The minimum absolute atomic E-state index is 0.00554. The van der Waals surface area contributed by atoms with Gasteiger partial charge in [0.25, 0.3) is 0 Å². The smallest absolute Gasteiger partial charge is 0.304 e. The molecule has 2 aromatic carbocycles. The largest absolute Gasteiger partial charge is 0.481 e. The molecule has 4 unspecified atom stereocenters. The van der Waals surface area contributed by atoms with Crippen molar-refractivity contribution in [3.63, 3.8) is 0 Å². The first-order chi connectivity index (χ1) is 16.0. The van der Waals surface area contributed by atoms with Gasteiger partial charge in [-0.2, -0.15) is 0 Å². The number of carbonyl (C=O) groups is 1. The summed E-state index contributed by atoms with van der Waals surface area (Å²) in [4.78, 5) is 11.7. The van der Waals surface area contributed by atoms with E-state index in [1.807, 2.05) is 19.1 Å². The van der Waals surface area contributed by atoms with Crippen LogP contribution in [0.25, 0.3) is 10.9 Å². The molecule has 34 heavy (non-hydrogen) atoms. The molecule has 1 heterocycles. The van der Waals surface area contributed by atoms with Gasteiger partial charge >= 0.3 is 5.97 Å². The van der Waals surface area contributed by atoms with Gasteiger partial charge in [0, 0.05) is 21.6 Å². The van der Waals surface area contributed by atoms with Crippen LogP contribution in [0.15, 0.2) is 36.4 Å². The van der Waals surface area contributed by atoms with Gasteiger partial charge in [-0.15, -0.1) is 27.7 Å². The number of nitrogens with zero attached hydrogens (tertiary/aromatic N) is 1. The Morgan fingerprint density at radius 1 is 1.26 bits per heavy atom. The first-order valence-corrected chi connectivity index (χ1v) is 14.1. The van der Waals surface area contributed by atoms with Crippen LogP contribution in [-0.2, 0) is 32.7 Å². The number of carboxylic acids is 1. The van der Waals surface area contributed by atoms with E-state index in [1.54, 1.807) is 0 Å². The molecule has 0 saturated carbocycles. The minimum Gasteiger partial charge on any atom is -0.481 e. The number of hydrogen-bond acceptors (Lipinski definition) is 2. The Hall–Kier alpha value is -1.22. The number of carboxylic acid groups (broad SMARTS) is 1. The lowest BCUT2D eigenvalue weighted by Gasteiger charge is -2.28. The number of hydrogen-bond donors (Lipinski definition) is 2. The molecule has 1 aliphatic carbocycles. The number of benzene rings is 2. The number of rotatable bonds is 7. The highest BCUT2D eigenvalue weighted by Crippen LogP contribution is 2.46. The molecule has 0 spiro atoms. The average molecular weight is 539 g/mol. The summed E-state index contributed by atoms with van der Waals surface area (Å²) in [6.07, 6.45) is 2.28. The van der Waals surface area contributed by atoms with Crippen molar-refractivity contribution in [3.8, 4) is 0 Å². The van der Waals surface area contributed by atoms with Crippen molar-refractivity contribution in [1.82, 2.24) is 4.57 Å². The summed E-state index contributed by atoms with van der Waals surface area (Å²) < 4.78 is 37.9. The third-order valence-electron chi connectivity index (χ3n) is 6.63. The Bertz CT molecular complexity index is 1270. The van der Waals surface area contributed by atoms with Crippen molar-refractivity contribution in [2.24, 2.45) is 0 Å². The molecule has 0 fully saturated rings. The van der Waals surface area contributed by atoms with Gasteiger partial charge in [0.2, 0.25) is 0 Å². The maximum absolute atomic E-state index is 14.6. The third-order valence-corrected chi connectivity index (χ3v) is 8.19. The lowest BCUT2D eigenvalue weighted by molar-refractivity contribution is -0.137. The Morgan fingerprint density at radius 2 is 1.94 bits per heavy atom. The first-order valence-electron chi connectivity index (χ1n) is 11.1. The molecule has 5 nitrogen and oxygen atoms in total. The van der Waals surface area contributed by atoms with E-state index in [2.05, 4.69) is 44.4 Å². The second kappa shape index (κ2) is 10.0. The fourth-order valence-corrected chi connectivity index (χ4v) is 6.26. The van der Waals surface area contributed by atoms with E-state index in [4.69, 9.17) is 0 Å². The zero-order valence-corrected chi connectivity index (χ0v) is 23.1. The molecule has 0 aliphatic heterocycles. The second-order valence-corrected chi connectivity index (χ2v) is 14.9. The zero-order chi connectivity index (χ0) is 24.8. The highest BCUT2D eigenvalue weighted by Gasteiger charge is 2.32. The fraction of sp³-hybridized carbons (Fsp3) is 0.375. The van der Waals surface area contributed by atoms with Crippen molar-refractivity contribution in [1.29, 1.82) is 0 Å². The molecular formula is C24H29FNO4P3S. The summed E-state index contributed by atoms with van der Waals surface area (Å²) in [6.45, 7) is 2.04. The zero-order valence-electron chi connectivity index (χ0n) is 18.8. The SMILES string of the molecule is C[C@@H](c1ccc(C(P)(P)P)cc1)n1c2c(c3cc(F)cc(CS(=O)O)c31)CCC[C@@H]2CC(=O)O. The van der Waals surface area contributed by atoms with Gasteiger partial charge < -0.3 is 14.2 Å². The lowest BCUT2D eigenvalue weighted by Crippen LogP contribution is -2.20. The molecule has 10 heteroatoms. The molecule has 0 amide bonds. The second-order valence-electron chi connectivity index (χ2n) is 9.08. The van der Waals surface area contributed by atoms with Gasteiger partial charge in [0.05, 0.1) is 23.7 Å². The molecule has 2 N–H and O–H groups in total. The van der Waals surface area contributed by atoms with E-state index in [-0.39, 0.29) is 28.8 Å². The van der Waals surface area contributed by atoms with E-state index in [1.165, 1.54) is 12.1 Å². The normalized spacial score (nSPS) is 18.0. The minimum atomic E-state index is -2.14. The summed E-state index contributed by atoms with van der Waals surface area (Å²) >= 11 is -2.14. The molecule has 1 aliphatic rings. The number of fused-ring (bicyclic) bond motifs is 3. The van der Waals surface area contributed by atoms with Gasteiger partial charge in [0.1, 0.15) is 5.82 Å². The van der Waals surface area contributed by atoms with Crippen molar-refractivity contribution in [2.45, 2.75) is 55.0 Å². The van der Waals surface area contributed by atoms with Gasteiger partial charge in [0.15, 0.2) is 11.1 Å². The van der Waals surface area contributed by atoms with Crippen LogP contribution in [0.5, 0.6) is 0 Å². The Morgan fingerprint density at radius 3 is 2.53 bits per heavy atom. The Labute approximate surface area is 208 Å². The average Bonchev–Trinajstić information content (AvgIpc) is 3.07. The van der Waals surface area contributed by atoms with Gasteiger partial charge in [-0.3, -0.25) is 4.79 Å². The molecule has 0 bridgehead atoms. The van der Waals surface area contributed by atoms with Crippen LogP contribution >= 0.6 is 27.7 Å². The molecule has 1 aromatic heterocycles. The van der Waals surface area contributed by atoms with Crippen LogP contribution in [0.3, 0.4) is 0 Å². The molecule has 3 aromatic rings. The number of halogens is 1. The van der Waals surface area contributed by atoms with Crippen molar-refractivity contribution in [2.75, 3.05) is 0 Å². The van der Waals surface area contributed by atoms with E-state index in [0.29, 0.717) is 10.9 Å². The summed E-state index contributed by atoms with van der Waals surface area (Å²) in [5, 5.41) is 10.3. The fourth-order valence-electron chi connectivity index (χ4n) is 5.20. The Kier molecular flexibility index (Phi) is 7.63. The maximum atomic E-state index is 14.6. The molecule has 6 atom stereocenters. The van der Waals surface area contributed by atoms with E-state index < -0.39 is 22.9 Å². The monoisotopic (exact) mass is 539 g/mol. The van der Waals surface area contributed by atoms with Crippen LogP contribution in [0.4, 0.5) is 4.39 Å². The predicted molar refractivity (Wildman–Crippen MR) is 145 cm³/mol. The quantitative estimate of drug-likeness (QED) is 0.297. The van der Waals surface area contributed by atoms with Gasteiger partial charge in [-0.05, 0) is 60.6 Å². The van der Waals surface area contributed by atoms with Crippen LogP contribution in [-0.4, -0.2) is 24.4 Å². The van der Waals surface area contributed by atoms with Gasteiger partial charge in [-0.25, -0.2) is 8.60 Å². The van der Waals surface area contributed by atoms with Crippen LogP contribution in [0.1, 0.15) is 66.1 Å². The van der Waals surface area contributed by atoms with Crippen LogP contribution in [0.2, 0.25) is 0 Å². The first kappa shape index (κ1) is 25.9. The predicted octanol–water partition coefficient (Wildman–Crippen LogP) is 5.74. The van der Waals surface area contributed by atoms with Crippen molar-refractivity contribution in [3.05, 3.63) is 70.2 Å². The summed E-state index contributed by atoms with van der Waals surface area (Å²) in [5.41, 5.74) is 5.17. The molecule has 0 saturated heterocycles. The van der Waals surface area contributed by atoms with Crippen LogP contribution in [0, 0.1) is 5.82 Å². The maximum Gasteiger partial charge on any atom is 0.304 e. The van der Waals surface area contributed by atoms with E-state index in [9.17, 15) is 23.1 Å². The summed E-state index contributed by atoms with van der Waals surface area (Å²) in [6, 6.07) is 10.8. The molecular weight excluding hydrogens is 510 g/mol. The summed E-state index contributed by atoms with van der Waals surface area (Å²) in [7, 11) is 8.30. The highest BCUT2D eigenvalue weighted by atomic mass is 32.2. The molecule has 0 radical (unpaired) electrons. The van der Waals surface area contributed by atoms with Gasteiger partial charge in [-0.1, -0.05) is 24.3 Å². The Balaban J connectivity index is 1.98. The number of aryl methyl sites for hydroxylation is 1. The molecule has 182 valence electrons. The number of aliphatic carboxylic acids is 1. The topological polar surface area (TPSA) is 79.5 Å². The lowest BCUT2D eigenvalue weighted by atomic mass is 9.84. The van der Waals surface area contributed by atoms with Crippen molar-refractivity contribution < 1.29 is 23.1 Å². The highest BCUT2D eigenvalue weighted by molar-refractivity contribution is 7.78. The number of aromatic nitrogens is 1.